The van der Waals surface area contributed by atoms with Gasteiger partial charge in [0.2, 0.25) is 0 Å². The Morgan fingerprint density at radius 2 is 1.73 bits per heavy atom. The normalized spacial score (nSPS) is 34.5. The molecule has 0 aliphatic carbocycles. The third-order valence-corrected chi connectivity index (χ3v) is 3.73. The Kier molecular flexibility index (Phi) is 2.13. The predicted octanol–water partition coefficient (Wildman–Crippen LogP) is 1.54. The molecule has 3 nitrogen and oxygen atoms in total. The van der Waals surface area contributed by atoms with Crippen LogP contribution in [0.15, 0.2) is 24.5 Å². The molecule has 1 aromatic heterocycles. The van der Waals surface area contributed by atoms with E-state index in [1.54, 1.807) is 0 Å². The second-order valence-electron chi connectivity index (χ2n) is 4.73. The van der Waals surface area contributed by atoms with Crippen molar-refractivity contribution in [3.8, 4) is 0 Å². The third-order valence-electron chi connectivity index (χ3n) is 3.73. The molecule has 3 heterocycles. The summed E-state index contributed by atoms with van der Waals surface area (Å²) in [6.45, 7) is 0. The molecule has 0 spiro atoms. The van der Waals surface area contributed by atoms with Crippen LogP contribution in [0.1, 0.15) is 25.7 Å². The topological polar surface area (TPSA) is 42.1 Å². The Bertz CT molecular complexity index is 324. The minimum atomic E-state index is 0.417. The molecule has 0 amide bonds. The van der Waals surface area contributed by atoms with Gasteiger partial charge >= 0.3 is 0 Å². The summed E-state index contributed by atoms with van der Waals surface area (Å²) in [7, 11) is 0. The zero-order chi connectivity index (χ0) is 10.3. The van der Waals surface area contributed by atoms with Gasteiger partial charge in [0.15, 0.2) is 0 Å². The monoisotopic (exact) mass is 203 g/mol. The number of pyridine rings is 1. The predicted molar refractivity (Wildman–Crippen MR) is 60.7 cm³/mol. The number of nitrogens with two attached hydrogens (primary N) is 1. The van der Waals surface area contributed by atoms with E-state index in [-0.39, 0.29) is 0 Å². The standard InChI is InChI=1S/C12H17N3/c13-9-7-11-1-2-12(8-9)15(11)10-3-5-14-6-4-10/h3-6,9,11-12H,1-2,7-8,13H2. The van der Waals surface area contributed by atoms with Gasteiger partial charge in [-0.2, -0.15) is 0 Å². The van der Waals surface area contributed by atoms with Crippen LogP contribution in [0.3, 0.4) is 0 Å². The number of hydrogen-bond acceptors (Lipinski definition) is 3. The molecular weight excluding hydrogens is 186 g/mol. The van der Waals surface area contributed by atoms with Crippen LogP contribution in [-0.4, -0.2) is 23.1 Å². The van der Waals surface area contributed by atoms with Gasteiger partial charge in [0.1, 0.15) is 0 Å². The molecular formula is C12H17N3. The molecule has 2 aliphatic heterocycles. The molecule has 15 heavy (non-hydrogen) atoms. The molecule has 2 N–H and O–H groups in total. The van der Waals surface area contributed by atoms with Gasteiger partial charge in [-0.15, -0.1) is 0 Å². The maximum atomic E-state index is 6.06. The maximum absolute atomic E-state index is 6.06. The van der Waals surface area contributed by atoms with Crippen molar-refractivity contribution in [3.05, 3.63) is 24.5 Å². The average Bonchev–Trinajstić information content (AvgIpc) is 2.53. The fraction of sp³-hybridized carbons (Fsp3) is 0.583. The van der Waals surface area contributed by atoms with Gasteiger partial charge in [-0.25, -0.2) is 0 Å². The molecule has 80 valence electrons. The van der Waals surface area contributed by atoms with Gasteiger partial charge in [-0.1, -0.05) is 0 Å². The quantitative estimate of drug-likeness (QED) is 0.752. The smallest absolute Gasteiger partial charge is 0.0402 e. The minimum absolute atomic E-state index is 0.417. The second-order valence-corrected chi connectivity index (χ2v) is 4.73. The maximum Gasteiger partial charge on any atom is 0.0402 e. The van der Waals surface area contributed by atoms with Crippen LogP contribution in [0.5, 0.6) is 0 Å². The van der Waals surface area contributed by atoms with E-state index in [1.165, 1.54) is 18.5 Å². The lowest BCUT2D eigenvalue weighted by Crippen LogP contribution is -2.47. The molecule has 0 radical (unpaired) electrons. The first-order chi connectivity index (χ1) is 7.34. The summed E-state index contributed by atoms with van der Waals surface area (Å²) in [6.07, 6.45) is 8.67. The molecule has 0 aromatic carbocycles. The van der Waals surface area contributed by atoms with Gasteiger partial charge < -0.3 is 10.6 Å². The first kappa shape index (κ1) is 9.16. The van der Waals surface area contributed by atoms with Gasteiger partial charge in [0, 0.05) is 36.2 Å². The molecule has 2 bridgehead atoms. The lowest BCUT2D eigenvalue weighted by molar-refractivity contribution is 0.414. The van der Waals surface area contributed by atoms with Crippen LogP contribution >= 0.6 is 0 Å². The molecule has 1 aromatic rings. The largest absolute Gasteiger partial charge is 0.365 e. The van der Waals surface area contributed by atoms with E-state index in [4.69, 9.17) is 5.73 Å². The fourth-order valence-corrected chi connectivity index (χ4v) is 3.16. The summed E-state index contributed by atoms with van der Waals surface area (Å²) < 4.78 is 0. The Balaban J connectivity index is 1.89. The van der Waals surface area contributed by atoms with Crippen LogP contribution in [0.4, 0.5) is 5.69 Å². The summed E-state index contributed by atoms with van der Waals surface area (Å²) >= 11 is 0. The summed E-state index contributed by atoms with van der Waals surface area (Å²) in [6, 6.07) is 5.98. The van der Waals surface area contributed by atoms with Crippen LogP contribution in [0.25, 0.3) is 0 Å². The van der Waals surface area contributed by atoms with Gasteiger partial charge in [0.05, 0.1) is 0 Å². The summed E-state index contributed by atoms with van der Waals surface area (Å²) in [5, 5.41) is 0. The highest BCUT2D eigenvalue weighted by atomic mass is 15.2. The first-order valence-electron chi connectivity index (χ1n) is 5.78. The second kappa shape index (κ2) is 3.49. The zero-order valence-electron chi connectivity index (χ0n) is 8.84. The van der Waals surface area contributed by atoms with Crippen molar-refractivity contribution in [1.29, 1.82) is 0 Å². The van der Waals surface area contributed by atoms with Crippen LogP contribution in [-0.2, 0) is 0 Å². The van der Waals surface area contributed by atoms with E-state index in [1.807, 2.05) is 12.4 Å². The minimum Gasteiger partial charge on any atom is -0.365 e. The van der Waals surface area contributed by atoms with E-state index >= 15 is 0 Å². The number of fused-ring (bicyclic) bond motifs is 2. The average molecular weight is 203 g/mol. The Morgan fingerprint density at radius 1 is 1.13 bits per heavy atom. The molecule has 2 fully saturated rings. The Labute approximate surface area is 90.3 Å². The van der Waals surface area contributed by atoms with E-state index in [2.05, 4.69) is 22.0 Å². The molecule has 2 saturated heterocycles. The number of piperidine rings is 1. The summed E-state index contributed by atoms with van der Waals surface area (Å²) in [5.41, 5.74) is 7.38. The number of hydrogen-bond donors (Lipinski definition) is 1. The molecule has 2 aliphatic rings. The Hall–Kier alpha value is -1.09. The lowest BCUT2D eigenvalue weighted by atomic mass is 9.97. The van der Waals surface area contributed by atoms with Crippen molar-refractivity contribution in [2.45, 2.75) is 43.8 Å². The van der Waals surface area contributed by atoms with Crippen molar-refractivity contribution in [1.82, 2.24) is 4.98 Å². The molecule has 0 saturated carbocycles. The van der Waals surface area contributed by atoms with Crippen molar-refractivity contribution >= 4 is 5.69 Å². The molecule has 3 heteroatoms. The van der Waals surface area contributed by atoms with Crippen molar-refractivity contribution < 1.29 is 0 Å². The SMILES string of the molecule is NC1CC2CCC(C1)N2c1ccncc1. The first-order valence-corrected chi connectivity index (χ1v) is 5.78. The molecule has 2 atom stereocenters. The van der Waals surface area contributed by atoms with Crippen molar-refractivity contribution in [2.24, 2.45) is 5.73 Å². The number of nitrogens with zero attached hydrogens (tertiary/aromatic N) is 2. The van der Waals surface area contributed by atoms with Gasteiger partial charge in [-0.3, -0.25) is 4.98 Å². The zero-order valence-corrected chi connectivity index (χ0v) is 8.84. The van der Waals surface area contributed by atoms with E-state index < -0.39 is 0 Å². The number of rotatable bonds is 1. The van der Waals surface area contributed by atoms with E-state index in [0.717, 1.165) is 12.8 Å². The highest BCUT2D eigenvalue weighted by molar-refractivity contribution is 5.49. The number of anilines is 1. The molecule has 3 rings (SSSR count). The summed E-state index contributed by atoms with van der Waals surface area (Å²) in [4.78, 5) is 6.63. The highest BCUT2D eigenvalue weighted by Crippen LogP contribution is 2.38. The Morgan fingerprint density at radius 3 is 2.33 bits per heavy atom. The van der Waals surface area contributed by atoms with Gasteiger partial charge in [0.25, 0.3) is 0 Å². The fourth-order valence-electron chi connectivity index (χ4n) is 3.16. The number of aromatic nitrogens is 1. The van der Waals surface area contributed by atoms with Crippen molar-refractivity contribution in [2.75, 3.05) is 4.90 Å². The lowest BCUT2D eigenvalue weighted by Gasteiger charge is -2.39. The van der Waals surface area contributed by atoms with E-state index in [0.29, 0.717) is 18.1 Å². The van der Waals surface area contributed by atoms with Crippen LogP contribution < -0.4 is 10.6 Å². The molecule has 2 unspecified atom stereocenters. The van der Waals surface area contributed by atoms with Crippen LogP contribution in [0, 0.1) is 0 Å². The van der Waals surface area contributed by atoms with E-state index in [9.17, 15) is 0 Å². The van der Waals surface area contributed by atoms with Crippen molar-refractivity contribution in [3.63, 3.8) is 0 Å². The summed E-state index contributed by atoms with van der Waals surface area (Å²) in [5.74, 6) is 0. The highest BCUT2D eigenvalue weighted by Gasteiger charge is 2.39. The third kappa shape index (κ3) is 1.51. The van der Waals surface area contributed by atoms with Crippen LogP contribution in [0.2, 0.25) is 0 Å². The van der Waals surface area contributed by atoms with Gasteiger partial charge in [-0.05, 0) is 37.8 Å².